The molecule has 0 bridgehead atoms. The fraction of sp³-hybridized carbons (Fsp3) is 0.0526. The summed E-state index contributed by atoms with van der Waals surface area (Å²) in [7, 11) is 0. The van der Waals surface area contributed by atoms with Crippen LogP contribution in [0, 0.1) is 22.7 Å². The van der Waals surface area contributed by atoms with Crippen molar-refractivity contribution >= 4 is 38.8 Å². The molecule has 2 aliphatic rings. The fourth-order valence-electron chi connectivity index (χ4n) is 6.73. The summed E-state index contributed by atoms with van der Waals surface area (Å²) in [4.78, 5) is 2.45. The monoisotopic (exact) mass is 536 g/mol. The van der Waals surface area contributed by atoms with Crippen LogP contribution in [0.2, 0.25) is 0 Å². The van der Waals surface area contributed by atoms with Gasteiger partial charge in [-0.2, -0.15) is 10.5 Å². The molecule has 5 aromatic carbocycles. The van der Waals surface area contributed by atoms with Crippen LogP contribution in [-0.2, 0) is 0 Å². The first-order chi connectivity index (χ1) is 20.7. The molecule has 0 saturated heterocycles. The summed E-state index contributed by atoms with van der Waals surface area (Å²) in [5.74, 6) is 0.247. The van der Waals surface area contributed by atoms with Gasteiger partial charge in [-0.3, -0.25) is 0 Å². The quantitative estimate of drug-likeness (QED) is 0.227. The lowest BCUT2D eigenvalue weighted by Crippen LogP contribution is -2.28. The van der Waals surface area contributed by atoms with Gasteiger partial charge in [-0.15, -0.1) is 0 Å². The SMILES string of the molecule is N#Cc1cc(C#N)cc(-n2c3ccccc3c3cc(C4=CC5c6ccccc6N(c6ccccc6)C5C=C4)ccc32)c1. The van der Waals surface area contributed by atoms with E-state index >= 15 is 0 Å². The molecule has 8 rings (SSSR count). The molecule has 1 aliphatic heterocycles. The van der Waals surface area contributed by atoms with E-state index in [1.54, 1.807) is 6.07 Å². The highest BCUT2D eigenvalue weighted by atomic mass is 15.2. The second kappa shape index (κ2) is 9.37. The third-order valence-electron chi connectivity index (χ3n) is 8.53. The molecule has 4 heteroatoms. The molecule has 2 unspecified atom stereocenters. The standard InChI is InChI=1S/C38H24N4/c39-23-25-18-26(24-40)20-30(19-25)42-36-13-7-5-11-32(36)34-22-28(15-17-38(34)42)27-14-16-37-33(21-27)31-10-4-6-12-35(31)41(37)29-8-2-1-3-9-29/h1-22,33,37H. The number of nitriles is 2. The van der Waals surface area contributed by atoms with E-state index in [0.717, 1.165) is 27.5 Å². The van der Waals surface area contributed by atoms with E-state index < -0.39 is 0 Å². The number of benzene rings is 5. The Labute approximate surface area is 243 Å². The van der Waals surface area contributed by atoms with Crippen LogP contribution < -0.4 is 4.90 Å². The van der Waals surface area contributed by atoms with Crippen LogP contribution >= 0.6 is 0 Å². The highest BCUT2D eigenvalue weighted by molar-refractivity contribution is 6.10. The van der Waals surface area contributed by atoms with Gasteiger partial charge in [0.2, 0.25) is 0 Å². The smallest absolute Gasteiger partial charge is 0.0992 e. The van der Waals surface area contributed by atoms with Gasteiger partial charge >= 0.3 is 0 Å². The predicted molar refractivity (Wildman–Crippen MR) is 169 cm³/mol. The first-order valence-corrected chi connectivity index (χ1v) is 14.1. The molecule has 4 nitrogen and oxygen atoms in total. The minimum absolute atomic E-state index is 0.223. The van der Waals surface area contributed by atoms with Gasteiger partial charge in [-0.25, -0.2) is 0 Å². The number of anilines is 2. The van der Waals surface area contributed by atoms with Crippen LogP contribution in [0.3, 0.4) is 0 Å². The van der Waals surface area contributed by atoms with Crippen LogP contribution in [0.4, 0.5) is 11.4 Å². The lowest BCUT2D eigenvalue weighted by molar-refractivity contribution is 0.747. The summed E-state index contributed by atoms with van der Waals surface area (Å²) in [6, 6.07) is 44.3. The van der Waals surface area contributed by atoms with Gasteiger partial charge in [0.15, 0.2) is 0 Å². The van der Waals surface area contributed by atoms with Crippen LogP contribution in [0.15, 0.2) is 133 Å². The minimum atomic E-state index is 0.223. The molecule has 6 aromatic rings. The number of rotatable bonds is 3. The van der Waals surface area contributed by atoms with Crippen molar-refractivity contribution in [3.8, 4) is 17.8 Å². The third-order valence-corrected chi connectivity index (χ3v) is 8.53. The van der Waals surface area contributed by atoms with Gasteiger partial charge in [0, 0.05) is 33.8 Å². The largest absolute Gasteiger partial charge is 0.333 e. The number of hydrogen-bond acceptors (Lipinski definition) is 3. The maximum absolute atomic E-state index is 9.61. The number of hydrogen-bond donors (Lipinski definition) is 0. The van der Waals surface area contributed by atoms with E-state index in [4.69, 9.17) is 0 Å². The van der Waals surface area contributed by atoms with Gasteiger partial charge in [0.05, 0.1) is 40.3 Å². The first-order valence-electron chi connectivity index (χ1n) is 14.1. The molecular weight excluding hydrogens is 512 g/mol. The first kappa shape index (κ1) is 24.0. The Balaban J connectivity index is 1.27. The second-order valence-electron chi connectivity index (χ2n) is 10.8. The van der Waals surface area contributed by atoms with E-state index in [-0.39, 0.29) is 12.0 Å². The van der Waals surface area contributed by atoms with Gasteiger partial charge in [-0.05, 0) is 71.3 Å². The Morgan fingerprint density at radius 2 is 1.33 bits per heavy atom. The van der Waals surface area contributed by atoms with Crippen molar-refractivity contribution < 1.29 is 0 Å². The topological polar surface area (TPSA) is 55.8 Å². The Kier molecular flexibility index (Phi) is 5.36. The Bertz CT molecular complexity index is 2150. The van der Waals surface area contributed by atoms with E-state index in [1.165, 1.54) is 28.1 Å². The third kappa shape index (κ3) is 3.60. The highest BCUT2D eigenvalue weighted by Crippen LogP contribution is 2.49. The van der Waals surface area contributed by atoms with Gasteiger partial charge < -0.3 is 9.47 Å². The van der Waals surface area contributed by atoms with Gasteiger partial charge in [0.1, 0.15) is 0 Å². The summed E-state index contributed by atoms with van der Waals surface area (Å²) in [5, 5.41) is 21.5. The zero-order valence-electron chi connectivity index (χ0n) is 22.6. The number of fused-ring (bicyclic) bond motifs is 6. The number of nitrogens with zero attached hydrogens (tertiary/aromatic N) is 4. The number of aromatic nitrogens is 1. The molecule has 0 N–H and O–H groups in total. The van der Waals surface area contributed by atoms with E-state index in [9.17, 15) is 10.5 Å². The maximum Gasteiger partial charge on any atom is 0.0992 e. The lowest BCUT2D eigenvalue weighted by atomic mass is 9.86. The molecule has 2 heterocycles. The van der Waals surface area contributed by atoms with Crippen LogP contribution in [0.1, 0.15) is 28.2 Å². The van der Waals surface area contributed by atoms with E-state index in [2.05, 4.69) is 131 Å². The Morgan fingerprint density at radius 3 is 2.14 bits per heavy atom. The van der Waals surface area contributed by atoms with Crippen molar-refractivity contribution in [2.75, 3.05) is 4.90 Å². The summed E-state index contributed by atoms with van der Waals surface area (Å²) in [6.07, 6.45) is 7.03. The molecule has 0 spiro atoms. The number of para-hydroxylation sites is 3. The summed E-state index contributed by atoms with van der Waals surface area (Å²) >= 11 is 0. The molecule has 1 aliphatic carbocycles. The van der Waals surface area contributed by atoms with Gasteiger partial charge in [0.25, 0.3) is 0 Å². The molecule has 196 valence electrons. The van der Waals surface area contributed by atoms with Crippen molar-refractivity contribution in [3.05, 3.63) is 156 Å². The van der Waals surface area contributed by atoms with Crippen LogP contribution in [0.5, 0.6) is 0 Å². The van der Waals surface area contributed by atoms with Gasteiger partial charge in [-0.1, -0.05) is 78.9 Å². The van der Waals surface area contributed by atoms with Crippen molar-refractivity contribution in [1.82, 2.24) is 4.57 Å². The Morgan fingerprint density at radius 1 is 0.619 bits per heavy atom. The van der Waals surface area contributed by atoms with E-state index in [1.807, 2.05) is 18.2 Å². The van der Waals surface area contributed by atoms with Crippen molar-refractivity contribution in [1.29, 1.82) is 10.5 Å². The molecule has 0 amide bonds. The molecule has 0 saturated carbocycles. The maximum atomic E-state index is 9.61. The second-order valence-corrected chi connectivity index (χ2v) is 10.8. The lowest BCUT2D eigenvalue weighted by Gasteiger charge is -2.29. The summed E-state index contributed by atoms with van der Waals surface area (Å²) in [5.41, 5.74) is 10.0. The average Bonchev–Trinajstić information content (AvgIpc) is 3.57. The minimum Gasteiger partial charge on any atom is -0.333 e. The molecular formula is C38H24N4. The van der Waals surface area contributed by atoms with Crippen molar-refractivity contribution in [2.45, 2.75) is 12.0 Å². The highest BCUT2D eigenvalue weighted by Gasteiger charge is 2.38. The zero-order valence-corrected chi connectivity index (χ0v) is 22.6. The fourth-order valence-corrected chi connectivity index (χ4v) is 6.73. The molecule has 1 aromatic heterocycles. The van der Waals surface area contributed by atoms with E-state index in [0.29, 0.717) is 11.1 Å². The molecule has 2 atom stereocenters. The summed E-state index contributed by atoms with van der Waals surface area (Å²) in [6.45, 7) is 0. The zero-order chi connectivity index (χ0) is 28.2. The summed E-state index contributed by atoms with van der Waals surface area (Å²) < 4.78 is 2.15. The number of allylic oxidation sites excluding steroid dienone is 2. The average molecular weight is 537 g/mol. The van der Waals surface area contributed by atoms with Crippen LogP contribution in [-0.4, -0.2) is 10.6 Å². The van der Waals surface area contributed by atoms with Crippen molar-refractivity contribution in [2.24, 2.45) is 0 Å². The normalized spacial score (nSPS) is 17.0. The molecule has 0 radical (unpaired) electrons. The predicted octanol–water partition coefficient (Wildman–Crippen LogP) is 8.78. The Hall–Kier alpha value is -5.84. The van der Waals surface area contributed by atoms with Crippen LogP contribution in [0.25, 0.3) is 33.1 Å². The molecule has 42 heavy (non-hydrogen) atoms. The van der Waals surface area contributed by atoms with Crippen molar-refractivity contribution in [3.63, 3.8) is 0 Å². The molecule has 0 fully saturated rings.